The molecule has 0 amide bonds. The summed E-state index contributed by atoms with van der Waals surface area (Å²) in [5.74, 6) is 0. The van der Waals surface area contributed by atoms with E-state index in [0.29, 0.717) is 0 Å². The Balaban J connectivity index is 1.47. The molecular weight excluding hydrogens is 408 g/mol. The topological polar surface area (TPSA) is 26.2 Å². The largest absolute Gasteiger partial charge is 0.268 e. The molecule has 0 N–H and O–H groups in total. The molecule has 0 aliphatic heterocycles. The van der Waals surface area contributed by atoms with E-state index < -0.39 is 0 Å². The minimum Gasteiger partial charge on any atom is -0.268 e. The van der Waals surface area contributed by atoms with Crippen LogP contribution in [0.25, 0.3) is 21.8 Å². The van der Waals surface area contributed by atoms with E-state index in [1.807, 2.05) is 21.9 Å². The van der Waals surface area contributed by atoms with Crippen molar-refractivity contribution in [2.24, 2.45) is 0 Å². The lowest BCUT2D eigenvalue weighted by Gasteiger charge is -2.14. The predicted molar refractivity (Wildman–Crippen MR) is 133 cm³/mol. The Labute approximate surface area is 197 Å². The zero-order valence-electron chi connectivity index (χ0n) is 20.3. The first-order valence-corrected chi connectivity index (χ1v) is 12.3. The molecule has 4 aromatic rings. The van der Waals surface area contributed by atoms with Gasteiger partial charge in [0.05, 0.1) is 10.8 Å². The minimum atomic E-state index is -0.00309. The highest BCUT2D eigenvalue weighted by Crippen LogP contribution is 2.18. The SMILES string of the molecule is CCCc1cccc2c1ccc[n+]2OC(C)CC(C)O[n+]1cccc2c(CCC)cccc21. The third-order valence-corrected chi connectivity index (χ3v) is 6.08. The van der Waals surface area contributed by atoms with Crippen LogP contribution in [0.4, 0.5) is 0 Å². The summed E-state index contributed by atoms with van der Waals surface area (Å²) in [4.78, 5) is 12.7. The molecule has 0 saturated carbocycles. The van der Waals surface area contributed by atoms with Gasteiger partial charge in [-0.15, -0.1) is 0 Å². The van der Waals surface area contributed by atoms with Gasteiger partial charge in [-0.25, -0.2) is 0 Å². The Morgan fingerprint density at radius 3 is 1.52 bits per heavy atom. The van der Waals surface area contributed by atoms with Crippen LogP contribution in [0.5, 0.6) is 0 Å². The van der Waals surface area contributed by atoms with Gasteiger partial charge in [-0.1, -0.05) is 51.0 Å². The van der Waals surface area contributed by atoms with E-state index in [0.717, 1.165) is 43.1 Å². The molecule has 33 heavy (non-hydrogen) atoms. The number of hydrogen-bond acceptors (Lipinski definition) is 2. The summed E-state index contributed by atoms with van der Waals surface area (Å²) in [6, 6.07) is 21.4. The van der Waals surface area contributed by atoms with Gasteiger partial charge in [0.2, 0.25) is 12.4 Å². The van der Waals surface area contributed by atoms with Crippen LogP contribution in [-0.4, -0.2) is 12.2 Å². The summed E-state index contributed by atoms with van der Waals surface area (Å²) >= 11 is 0. The predicted octanol–water partition coefficient (Wildman–Crippen LogP) is 5.20. The van der Waals surface area contributed by atoms with Crippen LogP contribution in [0.3, 0.4) is 0 Å². The van der Waals surface area contributed by atoms with Crippen molar-refractivity contribution in [1.29, 1.82) is 0 Å². The maximum absolute atomic E-state index is 6.34. The first kappa shape index (κ1) is 23.0. The fourth-order valence-corrected chi connectivity index (χ4v) is 4.66. The molecule has 0 spiro atoms. The summed E-state index contributed by atoms with van der Waals surface area (Å²) in [7, 11) is 0. The highest BCUT2D eigenvalue weighted by atomic mass is 16.7. The summed E-state index contributed by atoms with van der Waals surface area (Å²) in [6.07, 6.45) is 9.17. The lowest BCUT2D eigenvalue weighted by Crippen LogP contribution is -2.51. The summed E-state index contributed by atoms with van der Waals surface area (Å²) in [5.41, 5.74) is 4.95. The minimum absolute atomic E-state index is 0.00309. The molecule has 0 aliphatic carbocycles. The van der Waals surface area contributed by atoms with Gasteiger partial charge in [-0.3, -0.25) is 9.68 Å². The Morgan fingerprint density at radius 1 is 0.636 bits per heavy atom. The van der Waals surface area contributed by atoms with Gasteiger partial charge < -0.3 is 0 Å². The van der Waals surface area contributed by atoms with E-state index in [4.69, 9.17) is 9.68 Å². The third kappa shape index (κ3) is 5.27. The molecule has 0 fully saturated rings. The van der Waals surface area contributed by atoms with Gasteiger partial charge >= 0.3 is 0 Å². The average Bonchev–Trinajstić information content (AvgIpc) is 2.80. The van der Waals surface area contributed by atoms with E-state index in [2.05, 4.69) is 88.4 Å². The van der Waals surface area contributed by atoms with Crippen molar-refractivity contribution in [2.45, 2.75) is 72.0 Å². The van der Waals surface area contributed by atoms with Crippen LogP contribution in [0, 0.1) is 0 Å². The maximum Gasteiger partial charge on any atom is 0.264 e. The number of pyridine rings is 2. The number of aromatic nitrogens is 2. The lowest BCUT2D eigenvalue weighted by atomic mass is 10.0. The fourth-order valence-electron chi connectivity index (χ4n) is 4.66. The van der Waals surface area contributed by atoms with Gasteiger partial charge in [0, 0.05) is 40.1 Å². The summed E-state index contributed by atoms with van der Waals surface area (Å²) < 4.78 is 3.82. The van der Waals surface area contributed by atoms with Crippen molar-refractivity contribution in [2.75, 3.05) is 0 Å². The van der Waals surface area contributed by atoms with E-state index >= 15 is 0 Å². The fraction of sp³-hybridized carbons (Fsp3) is 0.379. The third-order valence-electron chi connectivity index (χ3n) is 6.08. The van der Waals surface area contributed by atoms with Gasteiger partial charge in [-0.05, 0) is 49.9 Å². The van der Waals surface area contributed by atoms with Crippen molar-refractivity contribution in [3.05, 3.63) is 84.2 Å². The van der Waals surface area contributed by atoms with Crippen LogP contribution in [0.1, 0.15) is 58.1 Å². The van der Waals surface area contributed by atoms with E-state index in [-0.39, 0.29) is 12.2 Å². The first-order valence-electron chi connectivity index (χ1n) is 12.3. The first-order chi connectivity index (χ1) is 16.1. The van der Waals surface area contributed by atoms with Crippen LogP contribution in [0.2, 0.25) is 0 Å². The molecule has 0 aliphatic rings. The quantitative estimate of drug-likeness (QED) is 0.314. The Bertz CT molecular complexity index is 1130. The summed E-state index contributed by atoms with van der Waals surface area (Å²) in [6.45, 7) is 8.64. The second-order valence-corrected chi connectivity index (χ2v) is 8.94. The second-order valence-electron chi connectivity index (χ2n) is 8.94. The molecule has 2 atom stereocenters. The normalized spacial score (nSPS) is 13.2. The van der Waals surface area contributed by atoms with Gasteiger partial charge in [0.25, 0.3) is 11.0 Å². The molecule has 2 heterocycles. The molecule has 0 radical (unpaired) electrons. The molecule has 4 heteroatoms. The highest BCUT2D eigenvalue weighted by molar-refractivity contribution is 5.80. The van der Waals surface area contributed by atoms with Crippen molar-refractivity contribution >= 4 is 21.8 Å². The molecule has 2 aromatic carbocycles. The molecule has 4 nitrogen and oxygen atoms in total. The monoisotopic (exact) mass is 444 g/mol. The molecule has 2 aromatic heterocycles. The maximum atomic E-state index is 6.34. The number of rotatable bonds is 10. The summed E-state index contributed by atoms with van der Waals surface area (Å²) in [5, 5.41) is 2.51. The zero-order valence-corrected chi connectivity index (χ0v) is 20.3. The second kappa shape index (κ2) is 10.7. The number of nitrogens with zero attached hydrogens (tertiary/aromatic N) is 2. The average molecular weight is 445 g/mol. The number of benzene rings is 2. The van der Waals surface area contributed by atoms with Gasteiger partial charge in [0.15, 0.2) is 12.2 Å². The van der Waals surface area contributed by atoms with Crippen LogP contribution in [0.15, 0.2) is 73.1 Å². The van der Waals surface area contributed by atoms with Crippen molar-refractivity contribution < 1.29 is 19.1 Å². The Kier molecular flexibility index (Phi) is 7.43. The number of aryl methyl sites for hydroxylation is 2. The Hall–Kier alpha value is -3.14. The van der Waals surface area contributed by atoms with Gasteiger partial charge in [-0.2, -0.15) is 0 Å². The Morgan fingerprint density at radius 2 is 1.09 bits per heavy atom. The molecule has 0 saturated heterocycles. The van der Waals surface area contributed by atoms with Crippen molar-refractivity contribution in [3.63, 3.8) is 0 Å². The van der Waals surface area contributed by atoms with E-state index in [1.165, 1.54) is 21.9 Å². The van der Waals surface area contributed by atoms with Crippen molar-refractivity contribution in [3.8, 4) is 0 Å². The molecule has 0 bridgehead atoms. The lowest BCUT2D eigenvalue weighted by molar-refractivity contribution is -0.886. The molecule has 4 rings (SSSR count). The highest BCUT2D eigenvalue weighted by Gasteiger charge is 2.22. The van der Waals surface area contributed by atoms with Crippen LogP contribution >= 0.6 is 0 Å². The molecular formula is C29H36N2O2+2. The van der Waals surface area contributed by atoms with Crippen LogP contribution < -0.4 is 19.1 Å². The molecule has 172 valence electrons. The van der Waals surface area contributed by atoms with Gasteiger partial charge in [0.1, 0.15) is 0 Å². The van der Waals surface area contributed by atoms with Crippen LogP contribution in [-0.2, 0) is 12.8 Å². The van der Waals surface area contributed by atoms with E-state index in [1.54, 1.807) is 0 Å². The van der Waals surface area contributed by atoms with Crippen molar-refractivity contribution in [1.82, 2.24) is 0 Å². The molecule has 2 unspecified atom stereocenters. The zero-order chi connectivity index (χ0) is 23.2. The van der Waals surface area contributed by atoms with E-state index in [9.17, 15) is 0 Å². The number of fused-ring (bicyclic) bond motifs is 2. The standard InChI is InChI=1S/C29H36N2O2/c1-5-11-24-13-7-17-28-26(24)15-9-19-30(28)32-22(3)21-23(4)33-31-20-10-16-27-25(12-6-2)14-8-18-29(27)31/h7-10,13-20,22-23H,5-6,11-12,21H2,1-4H3/q+2. The number of hydrogen-bond donors (Lipinski definition) is 0. The smallest absolute Gasteiger partial charge is 0.264 e.